The number of ketones is 2. The quantitative estimate of drug-likeness (QED) is 0.571. The lowest BCUT2D eigenvalue weighted by molar-refractivity contribution is -0.138. The molecule has 0 amide bonds. The molecular weight excluding hydrogens is 148 g/mol. The van der Waals surface area contributed by atoms with Crippen molar-refractivity contribution in [3.63, 3.8) is 0 Å². The Kier molecular flexibility index (Phi) is 2.03. The van der Waals surface area contributed by atoms with Crippen LogP contribution in [0.3, 0.4) is 0 Å². The van der Waals surface area contributed by atoms with Crippen LogP contribution in [0.15, 0.2) is 0 Å². The number of aliphatic carboxylic acids is 1. The second-order valence-corrected chi connectivity index (χ2v) is 2.72. The van der Waals surface area contributed by atoms with Crippen LogP contribution in [0.4, 0.5) is 0 Å². The second-order valence-electron chi connectivity index (χ2n) is 2.72. The number of rotatable bonds is 2. The van der Waals surface area contributed by atoms with Crippen molar-refractivity contribution in [1.29, 1.82) is 0 Å². The molecule has 4 nitrogen and oxygen atoms in total. The van der Waals surface area contributed by atoms with Gasteiger partial charge in [-0.2, -0.15) is 0 Å². The van der Waals surface area contributed by atoms with Gasteiger partial charge in [-0.25, -0.2) is 0 Å². The predicted molar refractivity (Wildman–Crippen MR) is 35.0 cm³/mol. The van der Waals surface area contributed by atoms with Gasteiger partial charge in [0.1, 0.15) is 0 Å². The minimum absolute atomic E-state index is 0.0719. The molecule has 0 saturated heterocycles. The number of carboxylic acids is 1. The number of hydrogen-bond donors (Lipinski definition) is 1. The number of carboxylic acid groups (broad SMARTS) is 1. The summed E-state index contributed by atoms with van der Waals surface area (Å²) in [6.07, 6.45) is 0.160. The molecule has 0 heterocycles. The molecule has 0 aromatic carbocycles. The first kappa shape index (κ1) is 7.91. The highest BCUT2D eigenvalue weighted by Crippen LogP contribution is 2.22. The maximum atomic E-state index is 10.6. The van der Waals surface area contributed by atoms with E-state index in [1.54, 1.807) is 0 Å². The molecule has 0 spiro atoms. The van der Waals surface area contributed by atoms with Crippen LogP contribution in [0.5, 0.6) is 0 Å². The topological polar surface area (TPSA) is 71.4 Å². The van der Waals surface area contributed by atoms with Crippen LogP contribution in [0.2, 0.25) is 0 Å². The van der Waals surface area contributed by atoms with Crippen molar-refractivity contribution in [2.45, 2.75) is 19.3 Å². The van der Waals surface area contributed by atoms with Gasteiger partial charge in [0.15, 0.2) is 11.6 Å². The highest BCUT2D eigenvalue weighted by Gasteiger charge is 2.31. The third kappa shape index (κ3) is 1.86. The number of hydrogen-bond acceptors (Lipinski definition) is 3. The third-order valence-corrected chi connectivity index (χ3v) is 1.72. The van der Waals surface area contributed by atoms with Crippen LogP contribution >= 0.6 is 0 Å². The van der Waals surface area contributed by atoms with E-state index >= 15 is 0 Å². The zero-order chi connectivity index (χ0) is 8.43. The molecule has 11 heavy (non-hydrogen) atoms. The van der Waals surface area contributed by atoms with Crippen molar-refractivity contribution in [1.82, 2.24) is 0 Å². The van der Waals surface area contributed by atoms with E-state index in [4.69, 9.17) is 5.11 Å². The molecule has 0 aromatic heterocycles. The van der Waals surface area contributed by atoms with Crippen LogP contribution in [0.1, 0.15) is 19.3 Å². The van der Waals surface area contributed by atoms with Crippen LogP contribution in [0, 0.1) is 5.92 Å². The summed E-state index contributed by atoms with van der Waals surface area (Å²) in [4.78, 5) is 31.4. The molecule has 0 aliphatic heterocycles. The summed E-state index contributed by atoms with van der Waals surface area (Å²) in [5.74, 6) is -2.04. The van der Waals surface area contributed by atoms with Gasteiger partial charge in [0, 0.05) is 19.3 Å². The predicted octanol–water partition coefficient (Wildman–Crippen LogP) is 0.00930. The van der Waals surface area contributed by atoms with E-state index in [0.29, 0.717) is 0 Å². The molecule has 0 radical (unpaired) electrons. The van der Waals surface area contributed by atoms with E-state index in [2.05, 4.69) is 0 Å². The molecule has 0 aromatic rings. The molecule has 1 saturated carbocycles. The lowest BCUT2D eigenvalue weighted by Gasteiger charge is -1.99. The van der Waals surface area contributed by atoms with Gasteiger partial charge in [-0.15, -0.1) is 0 Å². The molecule has 1 aliphatic carbocycles. The SMILES string of the molecule is O=C(O)CC1CC(=O)C(=O)C1. The second kappa shape index (κ2) is 2.82. The van der Waals surface area contributed by atoms with Crippen molar-refractivity contribution in [2.24, 2.45) is 5.92 Å². The highest BCUT2D eigenvalue weighted by atomic mass is 16.4. The first-order valence-corrected chi connectivity index (χ1v) is 3.37. The Morgan fingerprint density at radius 1 is 1.36 bits per heavy atom. The smallest absolute Gasteiger partial charge is 0.303 e. The Hall–Kier alpha value is -1.19. The van der Waals surface area contributed by atoms with Crippen LogP contribution in [-0.2, 0) is 14.4 Å². The molecule has 0 unspecified atom stereocenters. The summed E-state index contributed by atoms with van der Waals surface area (Å²) in [7, 11) is 0. The zero-order valence-electron chi connectivity index (χ0n) is 5.87. The average molecular weight is 156 g/mol. The van der Waals surface area contributed by atoms with Gasteiger partial charge in [-0.05, 0) is 5.92 Å². The lowest BCUT2D eigenvalue weighted by atomic mass is 10.0. The molecule has 1 fully saturated rings. The van der Waals surface area contributed by atoms with E-state index in [0.717, 1.165) is 0 Å². The van der Waals surface area contributed by atoms with Gasteiger partial charge in [0.25, 0.3) is 0 Å². The minimum atomic E-state index is -0.947. The molecule has 1 N–H and O–H groups in total. The van der Waals surface area contributed by atoms with Gasteiger partial charge in [-0.1, -0.05) is 0 Å². The van der Waals surface area contributed by atoms with Crippen LogP contribution in [0.25, 0.3) is 0 Å². The Labute approximate surface area is 63.2 Å². The largest absolute Gasteiger partial charge is 0.481 e. The van der Waals surface area contributed by atoms with E-state index < -0.39 is 17.5 Å². The number of carbonyl (C=O) groups is 3. The van der Waals surface area contributed by atoms with E-state index in [1.165, 1.54) is 0 Å². The molecule has 60 valence electrons. The number of carbonyl (C=O) groups excluding carboxylic acids is 2. The monoisotopic (exact) mass is 156 g/mol. The fraction of sp³-hybridized carbons (Fsp3) is 0.571. The first-order chi connectivity index (χ1) is 5.09. The van der Waals surface area contributed by atoms with E-state index in [9.17, 15) is 14.4 Å². The molecule has 0 atom stereocenters. The maximum Gasteiger partial charge on any atom is 0.303 e. The normalized spacial score (nSPS) is 19.3. The van der Waals surface area contributed by atoms with Crippen LogP contribution < -0.4 is 0 Å². The lowest BCUT2D eigenvalue weighted by Crippen LogP contribution is -2.04. The van der Waals surface area contributed by atoms with Crippen molar-refractivity contribution < 1.29 is 19.5 Å². The minimum Gasteiger partial charge on any atom is -0.481 e. The Bertz CT molecular complexity index is 202. The maximum absolute atomic E-state index is 10.6. The van der Waals surface area contributed by atoms with Gasteiger partial charge < -0.3 is 5.11 Å². The Balaban J connectivity index is 2.47. The van der Waals surface area contributed by atoms with E-state index in [-0.39, 0.29) is 25.2 Å². The third-order valence-electron chi connectivity index (χ3n) is 1.72. The fourth-order valence-corrected chi connectivity index (χ4v) is 1.22. The van der Waals surface area contributed by atoms with Gasteiger partial charge in [-0.3, -0.25) is 14.4 Å². The first-order valence-electron chi connectivity index (χ1n) is 3.37. The van der Waals surface area contributed by atoms with Gasteiger partial charge in [0.2, 0.25) is 0 Å². The van der Waals surface area contributed by atoms with Crippen LogP contribution in [-0.4, -0.2) is 22.6 Å². The molecular formula is C7H8O4. The summed E-state index contributed by atoms with van der Waals surface area (Å²) in [6.45, 7) is 0. The fourth-order valence-electron chi connectivity index (χ4n) is 1.22. The Morgan fingerprint density at radius 2 is 1.82 bits per heavy atom. The van der Waals surface area contributed by atoms with E-state index in [1.807, 2.05) is 0 Å². The average Bonchev–Trinajstić information content (AvgIpc) is 2.10. The summed E-state index contributed by atoms with van der Waals surface area (Å²) in [5, 5.41) is 8.32. The standard InChI is InChI=1S/C7H8O4/c8-5-1-4(2-6(5)9)3-7(10)11/h4H,1-3H2,(H,10,11). The molecule has 4 heteroatoms. The van der Waals surface area contributed by atoms with Crippen molar-refractivity contribution in [3.05, 3.63) is 0 Å². The Morgan fingerprint density at radius 3 is 2.18 bits per heavy atom. The summed E-state index contributed by atoms with van der Waals surface area (Å²) in [6, 6.07) is 0. The van der Waals surface area contributed by atoms with Gasteiger partial charge in [0.05, 0.1) is 0 Å². The van der Waals surface area contributed by atoms with Crippen molar-refractivity contribution in [2.75, 3.05) is 0 Å². The summed E-state index contributed by atoms with van der Waals surface area (Å²) in [5.41, 5.74) is 0. The zero-order valence-corrected chi connectivity index (χ0v) is 5.87. The number of Topliss-reactive ketones (excluding diaryl/α,β-unsaturated/α-hetero) is 2. The van der Waals surface area contributed by atoms with Crippen molar-refractivity contribution in [3.8, 4) is 0 Å². The summed E-state index contributed by atoms with van der Waals surface area (Å²) < 4.78 is 0. The molecule has 1 rings (SSSR count). The molecule has 0 bridgehead atoms. The highest BCUT2D eigenvalue weighted by molar-refractivity contribution is 6.39. The van der Waals surface area contributed by atoms with Crippen molar-refractivity contribution >= 4 is 17.5 Å². The van der Waals surface area contributed by atoms with Gasteiger partial charge >= 0.3 is 5.97 Å². The molecule has 1 aliphatic rings. The summed E-state index contributed by atoms with van der Waals surface area (Å²) >= 11 is 0.